The van der Waals surface area contributed by atoms with Gasteiger partial charge in [-0.2, -0.15) is 0 Å². The van der Waals surface area contributed by atoms with Gasteiger partial charge in [0.25, 0.3) is 0 Å². The highest BCUT2D eigenvalue weighted by atomic mass is 35.5. The molecular weight excluding hydrogens is 250 g/mol. The average Bonchev–Trinajstić information content (AvgIpc) is 2.37. The fourth-order valence-corrected chi connectivity index (χ4v) is 2.24. The van der Waals surface area contributed by atoms with Crippen LogP contribution in [0.15, 0.2) is 24.3 Å². The first-order valence-corrected chi connectivity index (χ1v) is 6.77. The lowest BCUT2D eigenvalue weighted by molar-refractivity contribution is -0.0564. The minimum Gasteiger partial charge on any atom is -0.491 e. The molecule has 18 heavy (non-hydrogen) atoms. The molecule has 2 rings (SSSR count). The van der Waals surface area contributed by atoms with E-state index in [4.69, 9.17) is 21.1 Å². The molecule has 1 aliphatic rings. The molecule has 1 aliphatic heterocycles. The lowest BCUT2D eigenvalue weighted by atomic mass is 10.2. The zero-order chi connectivity index (χ0) is 13.0. The second-order valence-corrected chi connectivity index (χ2v) is 5.29. The predicted octanol–water partition coefficient (Wildman–Crippen LogP) is 2.83. The number of halogens is 1. The highest BCUT2D eigenvalue weighted by Crippen LogP contribution is 2.18. The summed E-state index contributed by atoms with van der Waals surface area (Å²) >= 11 is 5.91. The number of hydrogen-bond acceptors (Lipinski definition) is 3. The average molecular weight is 270 g/mol. The van der Waals surface area contributed by atoms with E-state index in [9.17, 15) is 0 Å². The maximum absolute atomic E-state index is 5.91. The molecule has 0 radical (unpaired) electrons. The molecule has 1 unspecified atom stereocenters. The summed E-state index contributed by atoms with van der Waals surface area (Å²) in [6.45, 7) is 7.70. The first kappa shape index (κ1) is 13.7. The molecule has 1 saturated heterocycles. The Balaban J connectivity index is 1.83. The third-order valence-electron chi connectivity index (χ3n) is 3.13. The summed E-state index contributed by atoms with van der Waals surface area (Å²) in [4.78, 5) is 2.41. The number of benzene rings is 1. The van der Waals surface area contributed by atoms with Gasteiger partial charge < -0.3 is 9.47 Å². The van der Waals surface area contributed by atoms with E-state index in [1.807, 2.05) is 24.3 Å². The lowest BCUT2D eigenvalue weighted by Crippen LogP contribution is -2.47. The van der Waals surface area contributed by atoms with E-state index in [0.29, 0.717) is 17.7 Å². The molecule has 1 aromatic rings. The zero-order valence-electron chi connectivity index (χ0n) is 10.9. The maximum atomic E-state index is 5.91. The minimum absolute atomic E-state index is 0.139. The standard InChI is InChI=1S/C14H20ClNO2/c1-11(2)16-6-7-17-14(9-16)10-18-13-5-3-4-12(15)8-13/h3-5,8,11,14H,6-7,9-10H2,1-2H3. The first-order chi connectivity index (χ1) is 8.65. The highest BCUT2D eigenvalue weighted by molar-refractivity contribution is 6.30. The molecule has 3 nitrogen and oxygen atoms in total. The van der Waals surface area contributed by atoms with E-state index in [1.165, 1.54) is 0 Å². The van der Waals surface area contributed by atoms with Crippen LogP contribution in [0.1, 0.15) is 13.8 Å². The summed E-state index contributed by atoms with van der Waals surface area (Å²) in [7, 11) is 0. The highest BCUT2D eigenvalue weighted by Gasteiger charge is 2.22. The molecule has 100 valence electrons. The summed E-state index contributed by atoms with van der Waals surface area (Å²) in [6.07, 6.45) is 0.139. The third kappa shape index (κ3) is 3.87. The van der Waals surface area contributed by atoms with Gasteiger partial charge in [-0.15, -0.1) is 0 Å². The Labute approximate surface area is 114 Å². The quantitative estimate of drug-likeness (QED) is 0.839. The van der Waals surface area contributed by atoms with Crippen LogP contribution >= 0.6 is 11.6 Å². The Morgan fingerprint density at radius 3 is 3.06 bits per heavy atom. The number of morpholine rings is 1. The molecule has 0 N–H and O–H groups in total. The minimum atomic E-state index is 0.139. The molecule has 1 aromatic carbocycles. The van der Waals surface area contributed by atoms with Crippen molar-refractivity contribution in [3.05, 3.63) is 29.3 Å². The van der Waals surface area contributed by atoms with Crippen LogP contribution in [0.25, 0.3) is 0 Å². The molecule has 0 bridgehead atoms. The van der Waals surface area contributed by atoms with Gasteiger partial charge in [-0.1, -0.05) is 17.7 Å². The molecular formula is C14H20ClNO2. The molecule has 1 atom stereocenters. The van der Waals surface area contributed by atoms with Crippen molar-refractivity contribution in [3.63, 3.8) is 0 Å². The lowest BCUT2D eigenvalue weighted by Gasteiger charge is -2.35. The zero-order valence-corrected chi connectivity index (χ0v) is 11.7. The van der Waals surface area contributed by atoms with Crippen molar-refractivity contribution in [2.45, 2.75) is 26.0 Å². The summed E-state index contributed by atoms with van der Waals surface area (Å²) in [5.41, 5.74) is 0. The van der Waals surface area contributed by atoms with Crippen molar-refractivity contribution < 1.29 is 9.47 Å². The van der Waals surface area contributed by atoms with Gasteiger partial charge in [-0.3, -0.25) is 4.90 Å². The molecule has 0 spiro atoms. The number of rotatable bonds is 4. The van der Waals surface area contributed by atoms with Crippen molar-refractivity contribution in [3.8, 4) is 5.75 Å². The second-order valence-electron chi connectivity index (χ2n) is 4.85. The SMILES string of the molecule is CC(C)N1CCOC(COc2cccc(Cl)c2)C1. The van der Waals surface area contributed by atoms with Gasteiger partial charge in [0.1, 0.15) is 18.5 Å². The summed E-state index contributed by atoms with van der Waals surface area (Å²) in [5, 5.41) is 0.695. The Hall–Kier alpha value is -0.770. The van der Waals surface area contributed by atoms with Crippen LogP contribution in [0.4, 0.5) is 0 Å². The fraction of sp³-hybridized carbons (Fsp3) is 0.571. The smallest absolute Gasteiger partial charge is 0.120 e. The molecule has 1 heterocycles. The summed E-state index contributed by atoms with van der Waals surface area (Å²) in [6, 6.07) is 8.02. The Morgan fingerprint density at radius 1 is 1.50 bits per heavy atom. The van der Waals surface area contributed by atoms with E-state index in [2.05, 4.69) is 18.7 Å². The van der Waals surface area contributed by atoms with Crippen LogP contribution in [0.5, 0.6) is 5.75 Å². The van der Waals surface area contributed by atoms with Gasteiger partial charge in [0, 0.05) is 24.2 Å². The van der Waals surface area contributed by atoms with E-state index < -0.39 is 0 Å². The van der Waals surface area contributed by atoms with Crippen LogP contribution in [0, 0.1) is 0 Å². The van der Waals surface area contributed by atoms with Crippen molar-refractivity contribution in [2.24, 2.45) is 0 Å². The van der Waals surface area contributed by atoms with Crippen molar-refractivity contribution in [2.75, 3.05) is 26.3 Å². The predicted molar refractivity (Wildman–Crippen MR) is 73.4 cm³/mol. The number of ether oxygens (including phenoxy) is 2. The normalized spacial score (nSPS) is 21.2. The third-order valence-corrected chi connectivity index (χ3v) is 3.37. The topological polar surface area (TPSA) is 21.7 Å². The van der Waals surface area contributed by atoms with Crippen molar-refractivity contribution in [1.29, 1.82) is 0 Å². The molecule has 0 saturated carbocycles. The first-order valence-electron chi connectivity index (χ1n) is 6.39. The van der Waals surface area contributed by atoms with E-state index in [0.717, 1.165) is 25.4 Å². The van der Waals surface area contributed by atoms with Crippen LogP contribution in [0.3, 0.4) is 0 Å². The number of hydrogen-bond donors (Lipinski definition) is 0. The van der Waals surface area contributed by atoms with Crippen LogP contribution in [0.2, 0.25) is 5.02 Å². The van der Waals surface area contributed by atoms with Gasteiger partial charge in [-0.05, 0) is 32.0 Å². The Bertz CT molecular complexity index is 384. The number of nitrogens with zero attached hydrogens (tertiary/aromatic N) is 1. The Kier molecular flexibility index (Phi) is 4.87. The van der Waals surface area contributed by atoms with Crippen LogP contribution in [-0.2, 0) is 4.74 Å². The van der Waals surface area contributed by atoms with E-state index in [-0.39, 0.29) is 6.10 Å². The fourth-order valence-electron chi connectivity index (χ4n) is 2.06. The van der Waals surface area contributed by atoms with E-state index in [1.54, 1.807) is 0 Å². The molecule has 1 fully saturated rings. The van der Waals surface area contributed by atoms with Crippen LogP contribution < -0.4 is 4.74 Å². The van der Waals surface area contributed by atoms with Crippen LogP contribution in [-0.4, -0.2) is 43.3 Å². The molecule has 0 aromatic heterocycles. The molecule has 0 amide bonds. The van der Waals surface area contributed by atoms with Crippen molar-refractivity contribution in [1.82, 2.24) is 4.90 Å². The van der Waals surface area contributed by atoms with Gasteiger partial charge in [-0.25, -0.2) is 0 Å². The van der Waals surface area contributed by atoms with Gasteiger partial charge in [0.15, 0.2) is 0 Å². The Morgan fingerprint density at radius 2 is 2.33 bits per heavy atom. The monoisotopic (exact) mass is 269 g/mol. The maximum Gasteiger partial charge on any atom is 0.120 e. The summed E-state index contributed by atoms with van der Waals surface area (Å²) < 4.78 is 11.4. The molecule has 4 heteroatoms. The summed E-state index contributed by atoms with van der Waals surface area (Å²) in [5.74, 6) is 0.799. The largest absolute Gasteiger partial charge is 0.491 e. The van der Waals surface area contributed by atoms with Gasteiger partial charge in [0.05, 0.1) is 6.61 Å². The van der Waals surface area contributed by atoms with Gasteiger partial charge >= 0.3 is 0 Å². The van der Waals surface area contributed by atoms with Crippen molar-refractivity contribution >= 4 is 11.6 Å². The van der Waals surface area contributed by atoms with E-state index >= 15 is 0 Å². The molecule has 0 aliphatic carbocycles. The van der Waals surface area contributed by atoms with Gasteiger partial charge in [0.2, 0.25) is 0 Å². The second kappa shape index (κ2) is 6.41.